The van der Waals surface area contributed by atoms with Crippen LogP contribution in [0.2, 0.25) is 0 Å². The molecular weight excluding hydrogens is 350 g/mol. The second kappa shape index (κ2) is 8.92. The zero-order valence-corrected chi connectivity index (χ0v) is 17.1. The summed E-state index contributed by atoms with van der Waals surface area (Å²) >= 11 is 0. The molecule has 0 radical (unpaired) electrons. The Bertz CT molecular complexity index is 474. The lowest BCUT2D eigenvalue weighted by atomic mass is 9.49. The molecule has 0 saturated heterocycles. The van der Waals surface area contributed by atoms with Crippen LogP contribution in [0.1, 0.15) is 65.2 Å². The molecule has 4 saturated carbocycles. The number of carbonyl (C=O) groups is 2. The number of hydrogen-bond donors (Lipinski definition) is 3. The molecule has 0 heterocycles. The van der Waals surface area contributed by atoms with Gasteiger partial charge in [0.25, 0.3) is 0 Å². The number of hydrogen-bond acceptors (Lipinski definition) is 3. The number of nitrogens with one attached hydrogen (secondary N) is 2. The number of rotatable bonds is 8. The van der Waals surface area contributed by atoms with E-state index in [-0.39, 0.29) is 35.6 Å². The molecule has 0 aromatic rings. The highest BCUT2D eigenvalue weighted by atomic mass is 35.5. The average Bonchev–Trinajstić information content (AvgIpc) is 2.54. The minimum Gasteiger partial charge on any atom is -0.354 e. The third-order valence-corrected chi connectivity index (χ3v) is 6.69. The maximum absolute atomic E-state index is 13.2. The molecule has 4 aliphatic carbocycles. The molecule has 0 spiro atoms. The minimum absolute atomic E-state index is 0. The molecule has 4 fully saturated rings. The van der Waals surface area contributed by atoms with Gasteiger partial charge in [0.15, 0.2) is 0 Å². The molecule has 4 rings (SSSR count). The van der Waals surface area contributed by atoms with Crippen LogP contribution in [-0.2, 0) is 9.59 Å². The Hall–Kier alpha value is -0.810. The third kappa shape index (κ3) is 4.53. The average molecular weight is 386 g/mol. The highest BCUT2D eigenvalue weighted by Gasteiger charge is 2.55. The Morgan fingerprint density at radius 1 is 1.04 bits per heavy atom. The van der Waals surface area contributed by atoms with E-state index in [0.29, 0.717) is 13.1 Å². The van der Waals surface area contributed by atoms with Crippen LogP contribution in [0.4, 0.5) is 0 Å². The van der Waals surface area contributed by atoms with Gasteiger partial charge in [-0.15, -0.1) is 12.4 Å². The monoisotopic (exact) mass is 385 g/mol. The normalized spacial score (nSPS) is 32.8. The van der Waals surface area contributed by atoms with Crippen molar-refractivity contribution in [2.24, 2.45) is 34.8 Å². The van der Waals surface area contributed by atoms with Crippen molar-refractivity contribution in [3.05, 3.63) is 0 Å². The fourth-order valence-electron chi connectivity index (χ4n) is 5.81. The van der Waals surface area contributed by atoms with Gasteiger partial charge >= 0.3 is 0 Å². The highest BCUT2D eigenvalue weighted by Crippen LogP contribution is 2.60. The van der Waals surface area contributed by atoms with Crippen LogP contribution in [0, 0.1) is 29.1 Å². The Morgan fingerprint density at radius 3 is 2.04 bits per heavy atom. The summed E-state index contributed by atoms with van der Waals surface area (Å²) in [7, 11) is 0. The van der Waals surface area contributed by atoms with Gasteiger partial charge in [-0.1, -0.05) is 13.8 Å². The van der Waals surface area contributed by atoms with E-state index in [9.17, 15) is 9.59 Å². The molecule has 150 valence electrons. The first kappa shape index (κ1) is 21.5. The maximum Gasteiger partial charge on any atom is 0.242 e. The second-order valence-electron chi connectivity index (χ2n) is 9.18. The molecule has 4 N–H and O–H groups in total. The van der Waals surface area contributed by atoms with E-state index in [1.807, 2.05) is 13.8 Å². The first-order chi connectivity index (χ1) is 11.9. The van der Waals surface area contributed by atoms with Crippen LogP contribution in [0.5, 0.6) is 0 Å². The molecule has 1 unspecified atom stereocenters. The largest absolute Gasteiger partial charge is 0.354 e. The predicted molar refractivity (Wildman–Crippen MR) is 106 cm³/mol. The van der Waals surface area contributed by atoms with Gasteiger partial charge in [-0.25, -0.2) is 0 Å². The van der Waals surface area contributed by atoms with Crippen LogP contribution in [0.25, 0.3) is 0 Å². The van der Waals surface area contributed by atoms with Crippen molar-refractivity contribution < 1.29 is 9.59 Å². The van der Waals surface area contributed by atoms with Gasteiger partial charge in [0.1, 0.15) is 6.04 Å². The predicted octanol–water partition coefficient (Wildman–Crippen LogP) is 2.62. The number of halogens is 1. The van der Waals surface area contributed by atoms with E-state index in [4.69, 9.17) is 5.73 Å². The molecule has 1 atom stereocenters. The van der Waals surface area contributed by atoms with E-state index >= 15 is 0 Å². The van der Waals surface area contributed by atoms with Crippen molar-refractivity contribution in [1.82, 2.24) is 10.6 Å². The van der Waals surface area contributed by atoms with Crippen LogP contribution < -0.4 is 16.4 Å². The van der Waals surface area contributed by atoms with Crippen molar-refractivity contribution in [2.45, 2.75) is 71.3 Å². The van der Waals surface area contributed by atoms with Crippen LogP contribution >= 0.6 is 12.4 Å². The first-order valence-electron chi connectivity index (χ1n) is 10.2. The number of carbonyl (C=O) groups excluding carboxylic acids is 2. The third-order valence-electron chi connectivity index (χ3n) is 6.69. The van der Waals surface area contributed by atoms with E-state index in [0.717, 1.165) is 49.9 Å². The zero-order valence-electron chi connectivity index (χ0n) is 16.3. The summed E-state index contributed by atoms with van der Waals surface area (Å²) < 4.78 is 0. The maximum atomic E-state index is 13.2. The molecule has 0 aromatic heterocycles. The topological polar surface area (TPSA) is 84.2 Å². The molecule has 26 heavy (non-hydrogen) atoms. The SMILES string of the molecule is CC(C)C(NC(=O)C12CC3CC(CC(C3)C1)C2)C(=O)NCCCCN.Cl. The van der Waals surface area contributed by atoms with Gasteiger partial charge in [-0.05, 0) is 81.6 Å². The summed E-state index contributed by atoms with van der Waals surface area (Å²) in [5.41, 5.74) is 5.30. The fourth-order valence-corrected chi connectivity index (χ4v) is 5.81. The van der Waals surface area contributed by atoms with Crippen molar-refractivity contribution in [1.29, 1.82) is 0 Å². The lowest BCUT2D eigenvalue weighted by Gasteiger charge is -2.55. The fraction of sp³-hybridized carbons (Fsp3) is 0.900. The Labute approximate surface area is 164 Å². The van der Waals surface area contributed by atoms with Crippen LogP contribution in [-0.4, -0.2) is 30.9 Å². The van der Waals surface area contributed by atoms with Gasteiger partial charge in [0, 0.05) is 12.0 Å². The highest BCUT2D eigenvalue weighted by molar-refractivity contribution is 5.90. The summed E-state index contributed by atoms with van der Waals surface area (Å²) in [5, 5.41) is 6.11. The zero-order chi connectivity index (χ0) is 18.0. The smallest absolute Gasteiger partial charge is 0.242 e. The quantitative estimate of drug-likeness (QED) is 0.561. The summed E-state index contributed by atoms with van der Waals surface area (Å²) in [6, 6.07) is -0.432. The standard InChI is InChI=1S/C20H35N3O2.ClH/c1-13(2)17(18(24)22-6-4-3-5-21)23-19(25)20-10-14-7-15(11-20)9-16(8-14)12-20;/h13-17H,3-12,21H2,1-2H3,(H,22,24)(H,23,25);1H. The Kier molecular flexibility index (Phi) is 7.37. The van der Waals surface area contributed by atoms with Crippen LogP contribution in [0.3, 0.4) is 0 Å². The van der Waals surface area contributed by atoms with Crippen LogP contribution in [0.15, 0.2) is 0 Å². The van der Waals surface area contributed by atoms with Gasteiger partial charge < -0.3 is 16.4 Å². The molecule has 4 aliphatic rings. The van der Waals surface area contributed by atoms with Gasteiger partial charge in [0.05, 0.1) is 0 Å². The molecule has 6 heteroatoms. The lowest BCUT2D eigenvalue weighted by Crippen LogP contribution is -2.58. The Balaban J connectivity index is 0.00000243. The van der Waals surface area contributed by atoms with E-state index in [2.05, 4.69) is 10.6 Å². The van der Waals surface area contributed by atoms with Crippen molar-refractivity contribution in [2.75, 3.05) is 13.1 Å². The van der Waals surface area contributed by atoms with Gasteiger partial charge in [-0.2, -0.15) is 0 Å². The molecule has 0 aliphatic heterocycles. The van der Waals surface area contributed by atoms with Crippen molar-refractivity contribution in [3.8, 4) is 0 Å². The number of nitrogens with two attached hydrogens (primary N) is 1. The lowest BCUT2D eigenvalue weighted by molar-refractivity contribution is -0.149. The Morgan fingerprint density at radius 2 is 1.58 bits per heavy atom. The number of unbranched alkanes of at least 4 members (excludes halogenated alkanes) is 1. The first-order valence-corrected chi connectivity index (χ1v) is 10.2. The summed E-state index contributed by atoms with van der Waals surface area (Å²) in [6.07, 6.45) is 8.86. The van der Waals surface area contributed by atoms with Gasteiger partial charge in [0.2, 0.25) is 11.8 Å². The summed E-state index contributed by atoms with van der Waals surface area (Å²) in [5.74, 6) is 2.39. The molecular formula is C20H36ClN3O2. The molecule has 0 aromatic carbocycles. The van der Waals surface area contributed by atoms with Crippen molar-refractivity contribution >= 4 is 24.2 Å². The minimum atomic E-state index is -0.432. The molecule has 5 nitrogen and oxygen atoms in total. The summed E-state index contributed by atoms with van der Waals surface area (Å²) in [6.45, 7) is 5.28. The van der Waals surface area contributed by atoms with Crippen molar-refractivity contribution in [3.63, 3.8) is 0 Å². The molecule has 2 amide bonds. The van der Waals surface area contributed by atoms with Gasteiger partial charge in [-0.3, -0.25) is 9.59 Å². The molecule has 4 bridgehead atoms. The van der Waals surface area contributed by atoms with E-state index in [1.54, 1.807) is 0 Å². The van der Waals surface area contributed by atoms with E-state index in [1.165, 1.54) is 19.3 Å². The second-order valence-corrected chi connectivity index (χ2v) is 9.18. The van der Waals surface area contributed by atoms with E-state index < -0.39 is 6.04 Å². The summed E-state index contributed by atoms with van der Waals surface area (Å²) in [4.78, 5) is 25.7. The number of amides is 2.